The number of benzene rings is 3. The minimum absolute atomic E-state index is 0.188. The van der Waals surface area contributed by atoms with Crippen molar-refractivity contribution in [3.63, 3.8) is 0 Å². The summed E-state index contributed by atoms with van der Waals surface area (Å²) in [5, 5.41) is 9.97. The van der Waals surface area contributed by atoms with Crippen molar-refractivity contribution in [2.45, 2.75) is 103 Å². The molecule has 312 valence electrons. The van der Waals surface area contributed by atoms with E-state index in [1.54, 1.807) is 18.5 Å². The molecular formula is C49H58ClFN4O4. The van der Waals surface area contributed by atoms with Crippen LogP contribution in [0.2, 0.25) is 5.02 Å². The van der Waals surface area contributed by atoms with Crippen molar-refractivity contribution in [2.75, 3.05) is 39.8 Å². The quantitative estimate of drug-likeness (QED) is 0.0816. The molecule has 3 aliphatic rings. The fraction of sp³-hybridized carbons (Fsp3) is 0.490. The van der Waals surface area contributed by atoms with Crippen LogP contribution in [0.3, 0.4) is 0 Å². The van der Waals surface area contributed by atoms with Gasteiger partial charge in [-0.25, -0.2) is 4.39 Å². The molecule has 1 aliphatic heterocycles. The van der Waals surface area contributed by atoms with Gasteiger partial charge in [-0.3, -0.25) is 9.78 Å². The number of Topliss-reactive ketones (excluding diaryl/α,β-unsaturated/α-hetero) is 1. The minimum atomic E-state index is -0.654. The number of alkyl halides is 1. The summed E-state index contributed by atoms with van der Waals surface area (Å²) in [6, 6.07) is 20.6. The van der Waals surface area contributed by atoms with E-state index in [9.17, 15) is 14.4 Å². The van der Waals surface area contributed by atoms with E-state index in [4.69, 9.17) is 25.8 Å². The van der Waals surface area contributed by atoms with E-state index >= 15 is 0 Å². The molecule has 10 heteroatoms. The van der Waals surface area contributed by atoms with E-state index in [0.717, 1.165) is 105 Å². The summed E-state index contributed by atoms with van der Waals surface area (Å²) in [6.07, 6.45) is 10.8. The summed E-state index contributed by atoms with van der Waals surface area (Å²) in [4.78, 5) is 21.5. The molecule has 1 saturated heterocycles. The van der Waals surface area contributed by atoms with E-state index < -0.39 is 6.17 Å². The second-order valence-electron chi connectivity index (χ2n) is 16.8. The van der Waals surface area contributed by atoms with E-state index in [1.165, 1.54) is 11.1 Å². The number of ether oxygens (including phenoxy) is 3. The van der Waals surface area contributed by atoms with E-state index in [1.807, 2.05) is 18.2 Å². The van der Waals surface area contributed by atoms with Crippen molar-refractivity contribution < 1.29 is 23.4 Å². The van der Waals surface area contributed by atoms with Crippen LogP contribution in [0.25, 0.3) is 11.1 Å². The first-order valence-corrected chi connectivity index (χ1v) is 21.9. The molecule has 1 aromatic heterocycles. The van der Waals surface area contributed by atoms with Crippen molar-refractivity contribution in [3.8, 4) is 34.4 Å². The second-order valence-corrected chi connectivity index (χ2v) is 17.2. The highest BCUT2D eigenvalue weighted by Crippen LogP contribution is 2.44. The lowest BCUT2D eigenvalue weighted by Gasteiger charge is -2.28. The molecule has 2 unspecified atom stereocenters. The number of ketones is 1. The highest BCUT2D eigenvalue weighted by atomic mass is 35.5. The topological polar surface area (TPSA) is 87.9 Å². The Balaban J connectivity index is 1.06. The highest BCUT2D eigenvalue weighted by Gasteiger charge is 2.29. The van der Waals surface area contributed by atoms with Gasteiger partial charge in [-0.2, -0.15) is 5.26 Å². The molecule has 0 radical (unpaired) electrons. The number of pyridine rings is 1. The van der Waals surface area contributed by atoms with Crippen molar-refractivity contribution in [2.24, 2.45) is 11.8 Å². The Morgan fingerprint density at radius 3 is 2.58 bits per heavy atom. The van der Waals surface area contributed by atoms with Gasteiger partial charge in [0.05, 0.1) is 17.2 Å². The van der Waals surface area contributed by atoms with Crippen molar-refractivity contribution in [1.82, 2.24) is 14.8 Å². The molecule has 0 N–H and O–H groups in total. The normalized spacial score (nSPS) is 19.9. The Kier molecular flexibility index (Phi) is 14.6. The average molecular weight is 821 g/mol. The molecule has 7 rings (SSSR count). The maximum atomic E-state index is 13.6. The Morgan fingerprint density at radius 2 is 1.76 bits per heavy atom. The van der Waals surface area contributed by atoms with Crippen LogP contribution in [-0.4, -0.2) is 66.6 Å². The third-order valence-corrected chi connectivity index (χ3v) is 12.9. The molecule has 0 amide bonds. The molecular weight excluding hydrogens is 763 g/mol. The number of aromatic nitrogens is 1. The van der Waals surface area contributed by atoms with Crippen LogP contribution in [-0.2, 0) is 24.4 Å². The summed E-state index contributed by atoms with van der Waals surface area (Å²) >= 11 is 7.06. The van der Waals surface area contributed by atoms with Crippen LogP contribution in [0.4, 0.5) is 4.39 Å². The Labute approximate surface area is 354 Å². The summed E-state index contributed by atoms with van der Waals surface area (Å²) < 4.78 is 33.2. The number of nitrogens with zero attached hydrogens (tertiary/aromatic N) is 4. The van der Waals surface area contributed by atoms with Gasteiger partial charge in [0.25, 0.3) is 0 Å². The van der Waals surface area contributed by atoms with Crippen molar-refractivity contribution in [1.29, 1.82) is 5.26 Å². The van der Waals surface area contributed by atoms with E-state index in [-0.39, 0.29) is 18.6 Å². The number of hydrogen-bond acceptors (Lipinski definition) is 8. The number of piperidine rings is 1. The van der Waals surface area contributed by atoms with Crippen molar-refractivity contribution in [3.05, 3.63) is 105 Å². The van der Waals surface area contributed by atoms with Gasteiger partial charge in [0, 0.05) is 74.6 Å². The fourth-order valence-corrected chi connectivity index (χ4v) is 9.45. The maximum absolute atomic E-state index is 13.6. The van der Waals surface area contributed by atoms with Gasteiger partial charge in [-0.1, -0.05) is 48.9 Å². The molecule has 4 aromatic rings. The first-order valence-electron chi connectivity index (χ1n) is 21.6. The smallest absolute Gasteiger partial charge is 0.142 e. The van der Waals surface area contributed by atoms with Gasteiger partial charge in [0.2, 0.25) is 0 Å². The number of carbonyl (C=O) groups is 1. The van der Waals surface area contributed by atoms with Crippen molar-refractivity contribution >= 4 is 17.4 Å². The average Bonchev–Trinajstić information content (AvgIpc) is 3.57. The molecule has 1 saturated carbocycles. The number of likely N-dealkylation sites (tertiary alicyclic amines) is 1. The standard InChI is InChI=1S/C49H58ClFN4O4/c1-4-37-14-12-34(13-16-45(37)56)30-54(3)31-38-25-44(50)49(26-48(38)58-32-36-24-35(27-52)28-53-29-36)59-47-17-15-42-41(9-5-10-43(42)47)40-8-6-11-46(33(40)2)57-23-7-20-55-21-18-39(51)19-22-55/h5-6,8-11,24-26,28-29,34,37,39,47H,4,7,12-23,30-32H2,1-3H3/t34?,37?,47-/m0/s1. The molecule has 2 aliphatic carbocycles. The lowest BCUT2D eigenvalue weighted by Crippen LogP contribution is -2.35. The Bertz CT molecular complexity index is 2110. The van der Waals surface area contributed by atoms with Crippen LogP contribution in [0.5, 0.6) is 17.2 Å². The summed E-state index contributed by atoms with van der Waals surface area (Å²) in [5.74, 6) is 3.19. The van der Waals surface area contributed by atoms with Gasteiger partial charge in [-0.05, 0) is 124 Å². The Morgan fingerprint density at radius 1 is 0.949 bits per heavy atom. The third-order valence-electron chi connectivity index (χ3n) is 12.6. The van der Waals surface area contributed by atoms with Crippen LogP contribution in [0.1, 0.15) is 104 Å². The lowest BCUT2D eigenvalue weighted by atomic mass is 9.93. The highest BCUT2D eigenvalue weighted by molar-refractivity contribution is 6.32. The van der Waals surface area contributed by atoms with Gasteiger partial charge in [-0.15, -0.1) is 0 Å². The molecule has 3 aromatic carbocycles. The SMILES string of the molecule is CCC1CCC(CN(C)Cc2cc(Cl)c(O[C@H]3CCc4c(-c5cccc(OCCCN6CCC(F)CC6)c5C)cccc43)cc2OCc2cncc(C#N)c2)CCC1=O. The lowest BCUT2D eigenvalue weighted by molar-refractivity contribution is -0.122. The summed E-state index contributed by atoms with van der Waals surface area (Å²) in [6.45, 7) is 9.17. The number of carbonyl (C=O) groups excluding carboxylic acids is 1. The van der Waals surface area contributed by atoms with Gasteiger partial charge >= 0.3 is 0 Å². The second kappa shape index (κ2) is 20.2. The van der Waals surface area contributed by atoms with E-state index in [0.29, 0.717) is 66.2 Å². The molecule has 2 fully saturated rings. The van der Waals surface area contributed by atoms with Gasteiger partial charge in [0.1, 0.15) is 48.0 Å². The largest absolute Gasteiger partial charge is 0.493 e. The minimum Gasteiger partial charge on any atom is -0.493 e. The third kappa shape index (κ3) is 10.8. The fourth-order valence-electron chi connectivity index (χ4n) is 9.22. The zero-order chi connectivity index (χ0) is 41.3. The van der Waals surface area contributed by atoms with E-state index in [2.05, 4.69) is 72.1 Å². The molecule has 8 nitrogen and oxygen atoms in total. The zero-order valence-electron chi connectivity index (χ0n) is 34.9. The van der Waals surface area contributed by atoms with Gasteiger partial charge < -0.3 is 24.0 Å². The molecule has 0 spiro atoms. The predicted molar refractivity (Wildman–Crippen MR) is 231 cm³/mol. The molecule has 2 heterocycles. The van der Waals surface area contributed by atoms with Crippen LogP contribution in [0.15, 0.2) is 67.0 Å². The maximum Gasteiger partial charge on any atom is 0.142 e. The van der Waals surface area contributed by atoms with Crippen LogP contribution in [0, 0.1) is 30.1 Å². The molecule has 3 atom stereocenters. The van der Waals surface area contributed by atoms with Gasteiger partial charge in [0.15, 0.2) is 0 Å². The van der Waals surface area contributed by atoms with Crippen LogP contribution >= 0.6 is 11.6 Å². The zero-order valence-corrected chi connectivity index (χ0v) is 35.6. The Hall–Kier alpha value is -4.49. The first kappa shape index (κ1) is 42.6. The number of nitriles is 1. The van der Waals surface area contributed by atoms with Crippen LogP contribution < -0.4 is 14.2 Å². The predicted octanol–water partition coefficient (Wildman–Crippen LogP) is 10.6. The number of halogens is 2. The number of rotatable bonds is 16. The summed E-state index contributed by atoms with van der Waals surface area (Å²) in [5.41, 5.74) is 8.11. The first-order chi connectivity index (χ1) is 28.7. The molecule has 59 heavy (non-hydrogen) atoms. The monoisotopic (exact) mass is 820 g/mol. The molecule has 0 bridgehead atoms. The number of fused-ring (bicyclic) bond motifs is 1. The summed E-state index contributed by atoms with van der Waals surface area (Å²) in [7, 11) is 2.11. The number of hydrogen-bond donors (Lipinski definition) is 0.